The van der Waals surface area contributed by atoms with Gasteiger partial charge in [-0.25, -0.2) is 4.98 Å². The molecule has 0 saturated carbocycles. The fraction of sp³-hybridized carbons (Fsp3) is 0.0769. The monoisotopic (exact) mass is 305 g/mol. The van der Waals surface area contributed by atoms with Gasteiger partial charge in [-0.2, -0.15) is 0 Å². The highest BCUT2D eigenvalue weighted by Gasteiger charge is 2.08. The van der Waals surface area contributed by atoms with Gasteiger partial charge in [0.2, 0.25) is 0 Å². The van der Waals surface area contributed by atoms with Gasteiger partial charge in [-0.1, -0.05) is 15.9 Å². The van der Waals surface area contributed by atoms with Crippen molar-refractivity contribution in [3.05, 3.63) is 52.1 Å². The van der Waals surface area contributed by atoms with Crippen LogP contribution in [0.25, 0.3) is 0 Å². The number of aryl methyl sites for hydroxylation is 1. The average Bonchev–Trinajstić information content (AvgIpc) is 2.33. The number of nitrogens with zero attached hydrogens (tertiary/aromatic N) is 1. The lowest BCUT2D eigenvalue weighted by Gasteiger charge is -2.07. The van der Waals surface area contributed by atoms with Crippen molar-refractivity contribution in [3.63, 3.8) is 0 Å². The van der Waals surface area contributed by atoms with E-state index < -0.39 is 0 Å². The molecule has 2 aromatic rings. The molecular weight excluding hydrogens is 294 g/mol. The Labute approximate surface area is 113 Å². The Morgan fingerprint density at radius 1 is 1.33 bits per heavy atom. The molecule has 0 aliphatic carbocycles. The predicted molar refractivity (Wildman–Crippen MR) is 75.5 cm³/mol. The van der Waals surface area contributed by atoms with Gasteiger partial charge >= 0.3 is 0 Å². The molecule has 0 fully saturated rings. The highest BCUT2D eigenvalue weighted by atomic mass is 79.9. The van der Waals surface area contributed by atoms with Gasteiger partial charge in [-0.3, -0.25) is 4.79 Å². The third-order valence-electron chi connectivity index (χ3n) is 2.44. The number of halogens is 1. The quantitative estimate of drug-likeness (QED) is 0.896. The number of nitrogens with one attached hydrogen (secondary N) is 1. The second-order valence-electron chi connectivity index (χ2n) is 3.90. The molecule has 18 heavy (non-hydrogen) atoms. The molecular formula is C13H12BrN3O. The van der Waals surface area contributed by atoms with Gasteiger partial charge in [0.15, 0.2) is 0 Å². The van der Waals surface area contributed by atoms with Crippen LogP contribution in [-0.2, 0) is 0 Å². The van der Waals surface area contributed by atoms with E-state index in [0.717, 1.165) is 10.0 Å². The highest BCUT2D eigenvalue weighted by molar-refractivity contribution is 9.10. The molecule has 0 saturated heterocycles. The van der Waals surface area contributed by atoms with Crippen LogP contribution in [0.15, 0.2) is 41.0 Å². The molecule has 1 amide bonds. The van der Waals surface area contributed by atoms with Crippen molar-refractivity contribution in [3.8, 4) is 0 Å². The Bertz CT molecular complexity index is 581. The summed E-state index contributed by atoms with van der Waals surface area (Å²) in [6.07, 6.45) is 1.52. The zero-order valence-electron chi connectivity index (χ0n) is 9.77. The number of hydrogen-bond acceptors (Lipinski definition) is 3. The Kier molecular flexibility index (Phi) is 3.62. The van der Waals surface area contributed by atoms with Crippen LogP contribution in [0.5, 0.6) is 0 Å². The van der Waals surface area contributed by atoms with E-state index in [2.05, 4.69) is 26.2 Å². The van der Waals surface area contributed by atoms with Crippen LogP contribution >= 0.6 is 15.9 Å². The first kappa shape index (κ1) is 12.6. The van der Waals surface area contributed by atoms with Gasteiger partial charge in [0.25, 0.3) is 5.91 Å². The molecule has 4 nitrogen and oxygen atoms in total. The number of hydrogen-bond donors (Lipinski definition) is 2. The summed E-state index contributed by atoms with van der Waals surface area (Å²) in [5.41, 5.74) is 7.60. The summed E-state index contributed by atoms with van der Waals surface area (Å²) in [7, 11) is 0. The average molecular weight is 306 g/mol. The van der Waals surface area contributed by atoms with E-state index in [0.29, 0.717) is 17.1 Å². The molecule has 0 atom stereocenters. The van der Waals surface area contributed by atoms with Crippen LogP contribution in [0.2, 0.25) is 0 Å². The van der Waals surface area contributed by atoms with Crippen molar-refractivity contribution in [2.24, 2.45) is 0 Å². The summed E-state index contributed by atoms with van der Waals surface area (Å²) in [5.74, 6) is 0.333. The first-order valence-electron chi connectivity index (χ1n) is 5.35. The second kappa shape index (κ2) is 5.18. The van der Waals surface area contributed by atoms with Crippen molar-refractivity contribution in [1.29, 1.82) is 0 Å². The molecule has 0 unspecified atom stereocenters. The molecule has 92 valence electrons. The van der Waals surface area contributed by atoms with Gasteiger partial charge in [0, 0.05) is 10.0 Å². The lowest BCUT2D eigenvalue weighted by molar-refractivity contribution is 0.102. The van der Waals surface area contributed by atoms with E-state index in [-0.39, 0.29) is 5.91 Å². The number of benzene rings is 1. The molecule has 1 aromatic heterocycles. The molecule has 0 radical (unpaired) electrons. The number of carbonyl (C=O) groups excluding carboxylic acids is 1. The number of aromatic nitrogens is 1. The molecule has 3 N–H and O–H groups in total. The summed E-state index contributed by atoms with van der Waals surface area (Å²) >= 11 is 3.32. The van der Waals surface area contributed by atoms with Crippen LogP contribution in [0.4, 0.5) is 11.5 Å². The first-order valence-corrected chi connectivity index (χ1v) is 6.14. The van der Waals surface area contributed by atoms with Crippen molar-refractivity contribution in [2.75, 3.05) is 11.1 Å². The molecule has 0 spiro atoms. The summed E-state index contributed by atoms with van der Waals surface area (Å²) < 4.78 is 0.931. The van der Waals surface area contributed by atoms with Gasteiger partial charge in [0.1, 0.15) is 5.82 Å². The van der Waals surface area contributed by atoms with Crippen molar-refractivity contribution < 1.29 is 4.79 Å². The number of rotatable bonds is 2. The van der Waals surface area contributed by atoms with E-state index in [1.54, 1.807) is 18.2 Å². The Morgan fingerprint density at radius 3 is 2.61 bits per heavy atom. The lowest BCUT2D eigenvalue weighted by Crippen LogP contribution is -2.14. The van der Waals surface area contributed by atoms with E-state index in [1.807, 2.05) is 19.1 Å². The van der Waals surface area contributed by atoms with Crippen LogP contribution < -0.4 is 11.1 Å². The van der Waals surface area contributed by atoms with Crippen molar-refractivity contribution in [2.45, 2.75) is 6.92 Å². The normalized spacial score (nSPS) is 10.1. The molecule has 1 heterocycles. The molecule has 2 rings (SSSR count). The standard InChI is InChI=1S/C13H12BrN3O/c1-8-6-11(15)7-16-12(8)17-13(18)9-2-4-10(14)5-3-9/h2-7H,15H2,1H3,(H,16,17,18). The zero-order chi connectivity index (χ0) is 13.1. The Morgan fingerprint density at radius 2 is 2.00 bits per heavy atom. The van der Waals surface area contributed by atoms with Crippen molar-refractivity contribution >= 4 is 33.3 Å². The first-order chi connectivity index (χ1) is 8.56. The van der Waals surface area contributed by atoms with Crippen LogP contribution in [-0.4, -0.2) is 10.9 Å². The SMILES string of the molecule is Cc1cc(N)cnc1NC(=O)c1ccc(Br)cc1. The van der Waals surface area contributed by atoms with Gasteiger partial charge < -0.3 is 11.1 Å². The maximum absolute atomic E-state index is 12.0. The summed E-state index contributed by atoms with van der Waals surface area (Å²) in [4.78, 5) is 16.1. The molecule has 0 aliphatic heterocycles. The molecule has 0 bridgehead atoms. The number of anilines is 2. The maximum atomic E-state index is 12.0. The zero-order valence-corrected chi connectivity index (χ0v) is 11.4. The highest BCUT2D eigenvalue weighted by Crippen LogP contribution is 2.16. The minimum atomic E-state index is -0.192. The minimum absolute atomic E-state index is 0.192. The Hall–Kier alpha value is -1.88. The minimum Gasteiger partial charge on any atom is -0.397 e. The summed E-state index contributed by atoms with van der Waals surface area (Å²) in [6, 6.07) is 8.89. The van der Waals surface area contributed by atoms with Crippen LogP contribution in [0.1, 0.15) is 15.9 Å². The fourth-order valence-electron chi connectivity index (χ4n) is 1.51. The molecule has 0 aliphatic rings. The number of nitrogens with two attached hydrogens (primary N) is 1. The second-order valence-corrected chi connectivity index (χ2v) is 4.81. The third-order valence-corrected chi connectivity index (χ3v) is 2.97. The number of pyridine rings is 1. The van der Waals surface area contributed by atoms with Gasteiger partial charge in [-0.05, 0) is 42.8 Å². The van der Waals surface area contributed by atoms with Gasteiger partial charge in [-0.15, -0.1) is 0 Å². The van der Waals surface area contributed by atoms with E-state index in [1.165, 1.54) is 6.20 Å². The van der Waals surface area contributed by atoms with Crippen LogP contribution in [0, 0.1) is 6.92 Å². The topological polar surface area (TPSA) is 68.0 Å². The number of nitrogen functional groups attached to an aromatic ring is 1. The smallest absolute Gasteiger partial charge is 0.256 e. The maximum Gasteiger partial charge on any atom is 0.256 e. The Balaban J connectivity index is 2.18. The lowest BCUT2D eigenvalue weighted by atomic mass is 10.2. The summed E-state index contributed by atoms with van der Waals surface area (Å²) in [5, 5.41) is 2.75. The van der Waals surface area contributed by atoms with Crippen molar-refractivity contribution in [1.82, 2.24) is 4.98 Å². The van der Waals surface area contributed by atoms with Gasteiger partial charge in [0.05, 0.1) is 11.9 Å². The largest absolute Gasteiger partial charge is 0.397 e. The van der Waals surface area contributed by atoms with E-state index >= 15 is 0 Å². The number of amides is 1. The fourth-order valence-corrected chi connectivity index (χ4v) is 1.77. The molecule has 1 aromatic carbocycles. The molecule has 5 heteroatoms. The third kappa shape index (κ3) is 2.87. The van der Waals surface area contributed by atoms with E-state index in [4.69, 9.17) is 5.73 Å². The summed E-state index contributed by atoms with van der Waals surface area (Å²) in [6.45, 7) is 1.85. The van der Waals surface area contributed by atoms with Crippen LogP contribution in [0.3, 0.4) is 0 Å². The van der Waals surface area contributed by atoms with E-state index in [9.17, 15) is 4.79 Å². The predicted octanol–water partition coefficient (Wildman–Crippen LogP) is 2.99. The number of carbonyl (C=O) groups is 1.